The molecule has 0 spiro atoms. The largest absolute Gasteiger partial charge is 0.370 e. The highest BCUT2D eigenvalue weighted by atomic mass is 16.2. The van der Waals surface area contributed by atoms with Gasteiger partial charge < -0.3 is 16.4 Å². The number of carbonyl (C=O) groups excluding carboxylic acids is 2. The molecule has 9 nitrogen and oxygen atoms in total. The predicted molar refractivity (Wildman–Crippen MR) is 108 cm³/mol. The third-order valence-electron chi connectivity index (χ3n) is 4.66. The molecule has 0 bridgehead atoms. The third-order valence-corrected chi connectivity index (χ3v) is 4.66. The average Bonchev–Trinajstić information content (AvgIpc) is 3.48. The van der Waals surface area contributed by atoms with Gasteiger partial charge in [-0.05, 0) is 43.0 Å². The lowest BCUT2D eigenvalue weighted by molar-refractivity contribution is 0.0995. The summed E-state index contributed by atoms with van der Waals surface area (Å²) in [6, 6.07) is 7.06. The van der Waals surface area contributed by atoms with Crippen LogP contribution in [0.15, 0.2) is 42.9 Å². The van der Waals surface area contributed by atoms with Gasteiger partial charge in [-0.25, -0.2) is 4.98 Å². The van der Waals surface area contributed by atoms with Crippen LogP contribution in [0.3, 0.4) is 0 Å². The second-order valence-corrected chi connectivity index (χ2v) is 7.07. The first-order valence-corrected chi connectivity index (χ1v) is 9.31. The summed E-state index contributed by atoms with van der Waals surface area (Å²) in [6.07, 6.45) is 7.34. The maximum atomic E-state index is 12.7. The number of pyridine rings is 2. The Morgan fingerprint density at radius 2 is 2.00 bits per heavy atom. The number of anilines is 2. The van der Waals surface area contributed by atoms with Crippen LogP contribution in [-0.2, 0) is 7.05 Å². The summed E-state index contributed by atoms with van der Waals surface area (Å²) in [5.74, 6) is 0.431. The summed E-state index contributed by atoms with van der Waals surface area (Å²) in [5, 5.41) is 9.98. The van der Waals surface area contributed by atoms with E-state index in [-0.39, 0.29) is 17.3 Å². The Labute approximate surface area is 167 Å². The molecule has 0 saturated heterocycles. The minimum Gasteiger partial charge on any atom is -0.370 e. The van der Waals surface area contributed by atoms with E-state index in [4.69, 9.17) is 5.73 Å². The molecule has 4 N–H and O–H groups in total. The highest BCUT2D eigenvalue weighted by molar-refractivity contribution is 6.08. The predicted octanol–water partition coefficient (Wildman–Crippen LogP) is 2.05. The van der Waals surface area contributed by atoms with Crippen LogP contribution in [0.1, 0.15) is 33.7 Å². The van der Waals surface area contributed by atoms with E-state index >= 15 is 0 Å². The first kappa shape index (κ1) is 18.6. The SMILES string of the molecule is Cn1cc(NC(=O)c2ccnc(-c3ccnc(NCC4CC4)c3)c2)c(C(N)=O)n1. The van der Waals surface area contributed by atoms with E-state index < -0.39 is 5.91 Å². The van der Waals surface area contributed by atoms with Gasteiger partial charge in [0.25, 0.3) is 11.8 Å². The van der Waals surface area contributed by atoms with Gasteiger partial charge in [-0.3, -0.25) is 19.3 Å². The fraction of sp³-hybridized carbons (Fsp3) is 0.250. The van der Waals surface area contributed by atoms with E-state index in [0.717, 1.165) is 23.8 Å². The molecule has 4 rings (SSSR count). The molecule has 3 aromatic rings. The van der Waals surface area contributed by atoms with Crippen LogP contribution in [0.25, 0.3) is 11.3 Å². The van der Waals surface area contributed by atoms with Gasteiger partial charge in [-0.2, -0.15) is 5.10 Å². The maximum Gasteiger partial charge on any atom is 0.271 e. The number of primary amides is 1. The number of hydrogen-bond donors (Lipinski definition) is 3. The Kier molecular flexibility index (Phi) is 4.94. The van der Waals surface area contributed by atoms with Crippen LogP contribution in [-0.4, -0.2) is 38.1 Å². The molecule has 0 aromatic carbocycles. The summed E-state index contributed by atoms with van der Waals surface area (Å²) < 4.78 is 1.42. The molecule has 3 heterocycles. The first-order chi connectivity index (χ1) is 14.0. The number of amides is 2. The highest BCUT2D eigenvalue weighted by Gasteiger charge is 2.21. The number of rotatable bonds is 7. The summed E-state index contributed by atoms with van der Waals surface area (Å²) in [4.78, 5) is 32.9. The van der Waals surface area contributed by atoms with E-state index in [2.05, 4.69) is 25.7 Å². The van der Waals surface area contributed by atoms with Crippen LogP contribution < -0.4 is 16.4 Å². The van der Waals surface area contributed by atoms with Crippen LogP contribution in [0.4, 0.5) is 11.5 Å². The lowest BCUT2D eigenvalue weighted by Gasteiger charge is -2.08. The number of nitrogens with two attached hydrogens (primary N) is 1. The quantitative estimate of drug-likeness (QED) is 0.565. The molecule has 0 aliphatic heterocycles. The molecule has 148 valence electrons. The Bertz CT molecular complexity index is 1070. The van der Waals surface area contributed by atoms with Crippen molar-refractivity contribution in [2.45, 2.75) is 12.8 Å². The van der Waals surface area contributed by atoms with Crippen LogP contribution >= 0.6 is 0 Å². The molecule has 2 amide bonds. The van der Waals surface area contributed by atoms with Crippen molar-refractivity contribution < 1.29 is 9.59 Å². The van der Waals surface area contributed by atoms with Gasteiger partial charge in [0, 0.05) is 43.3 Å². The lowest BCUT2D eigenvalue weighted by Crippen LogP contribution is -2.18. The maximum absolute atomic E-state index is 12.7. The summed E-state index contributed by atoms with van der Waals surface area (Å²) in [6.45, 7) is 0.916. The molecule has 29 heavy (non-hydrogen) atoms. The number of aromatic nitrogens is 4. The molecule has 9 heteroatoms. The van der Waals surface area contributed by atoms with E-state index in [1.807, 2.05) is 12.1 Å². The summed E-state index contributed by atoms with van der Waals surface area (Å²) in [7, 11) is 1.64. The summed E-state index contributed by atoms with van der Waals surface area (Å²) >= 11 is 0. The second-order valence-electron chi connectivity index (χ2n) is 7.07. The van der Waals surface area contributed by atoms with E-state index in [1.54, 1.807) is 31.6 Å². The molecular formula is C20H21N7O2. The Balaban J connectivity index is 1.53. The van der Waals surface area contributed by atoms with E-state index in [1.165, 1.54) is 23.7 Å². The highest BCUT2D eigenvalue weighted by Crippen LogP contribution is 2.29. The number of aryl methyl sites for hydroxylation is 1. The van der Waals surface area contributed by atoms with Crippen molar-refractivity contribution in [3.63, 3.8) is 0 Å². The molecule has 1 saturated carbocycles. The number of nitrogens with one attached hydrogen (secondary N) is 2. The molecule has 1 fully saturated rings. The molecule has 0 atom stereocenters. The smallest absolute Gasteiger partial charge is 0.271 e. The van der Waals surface area contributed by atoms with Gasteiger partial charge in [-0.15, -0.1) is 0 Å². The minimum atomic E-state index is -0.709. The van der Waals surface area contributed by atoms with Gasteiger partial charge >= 0.3 is 0 Å². The average molecular weight is 391 g/mol. The fourth-order valence-electron chi connectivity index (χ4n) is 2.94. The van der Waals surface area contributed by atoms with Gasteiger partial charge in [0.05, 0.1) is 11.4 Å². The number of carbonyl (C=O) groups is 2. The van der Waals surface area contributed by atoms with Crippen LogP contribution in [0.2, 0.25) is 0 Å². The van der Waals surface area contributed by atoms with Gasteiger partial charge in [-0.1, -0.05) is 0 Å². The summed E-state index contributed by atoms with van der Waals surface area (Å²) in [5.41, 5.74) is 7.49. The van der Waals surface area contributed by atoms with Crippen molar-refractivity contribution in [1.29, 1.82) is 0 Å². The number of hydrogen-bond acceptors (Lipinski definition) is 6. The van der Waals surface area contributed by atoms with Crippen molar-refractivity contribution >= 4 is 23.3 Å². The molecule has 0 radical (unpaired) electrons. The number of nitrogens with zero attached hydrogens (tertiary/aromatic N) is 4. The zero-order valence-electron chi connectivity index (χ0n) is 15.9. The van der Waals surface area contributed by atoms with Gasteiger partial charge in [0.2, 0.25) is 0 Å². The Hall–Kier alpha value is -3.75. The van der Waals surface area contributed by atoms with Crippen LogP contribution in [0, 0.1) is 5.92 Å². The zero-order chi connectivity index (χ0) is 20.4. The Morgan fingerprint density at radius 1 is 1.21 bits per heavy atom. The molecular weight excluding hydrogens is 370 g/mol. The molecule has 1 aliphatic carbocycles. The zero-order valence-corrected chi connectivity index (χ0v) is 15.9. The molecule has 3 aromatic heterocycles. The van der Waals surface area contributed by atoms with Gasteiger partial charge in [0.15, 0.2) is 5.69 Å². The van der Waals surface area contributed by atoms with E-state index in [0.29, 0.717) is 11.3 Å². The van der Waals surface area contributed by atoms with E-state index in [9.17, 15) is 9.59 Å². The second kappa shape index (κ2) is 7.70. The van der Waals surface area contributed by atoms with Crippen LogP contribution in [0.5, 0.6) is 0 Å². The minimum absolute atomic E-state index is 0.00985. The fourth-order valence-corrected chi connectivity index (χ4v) is 2.94. The van der Waals surface area contributed by atoms with Crippen molar-refractivity contribution in [3.05, 3.63) is 54.1 Å². The third kappa shape index (κ3) is 4.40. The lowest BCUT2D eigenvalue weighted by atomic mass is 10.1. The van der Waals surface area contributed by atoms with Crippen molar-refractivity contribution in [3.8, 4) is 11.3 Å². The van der Waals surface area contributed by atoms with Crippen molar-refractivity contribution in [2.24, 2.45) is 18.7 Å². The van der Waals surface area contributed by atoms with Crippen molar-refractivity contribution in [2.75, 3.05) is 17.2 Å². The van der Waals surface area contributed by atoms with Gasteiger partial charge in [0.1, 0.15) is 5.82 Å². The first-order valence-electron chi connectivity index (χ1n) is 9.31. The topological polar surface area (TPSA) is 128 Å². The van der Waals surface area contributed by atoms with Crippen molar-refractivity contribution in [1.82, 2.24) is 19.7 Å². The standard InChI is InChI=1S/C20H21N7O2/c1-27-11-16(18(26-27)19(21)28)25-20(29)14-5-6-22-15(8-14)13-4-7-23-17(9-13)24-10-12-2-3-12/h4-9,11-12H,2-3,10H2,1H3,(H2,21,28)(H,23,24)(H,25,29). The normalized spacial score (nSPS) is 13.1. The Morgan fingerprint density at radius 3 is 2.76 bits per heavy atom. The molecule has 1 aliphatic rings. The monoisotopic (exact) mass is 391 g/mol. The molecule has 0 unspecified atom stereocenters.